The smallest absolute Gasteiger partial charge is 0.232 e. The Morgan fingerprint density at radius 3 is 2.58 bits per heavy atom. The molecule has 0 radical (unpaired) electrons. The number of benzene rings is 2. The van der Waals surface area contributed by atoms with Crippen LogP contribution in [0.25, 0.3) is 11.5 Å². The molecule has 0 saturated heterocycles. The predicted octanol–water partition coefficient (Wildman–Crippen LogP) is 3.85. The van der Waals surface area contributed by atoms with E-state index in [0.717, 1.165) is 5.56 Å². The molecule has 0 aliphatic carbocycles. The van der Waals surface area contributed by atoms with Gasteiger partial charge in [0.1, 0.15) is 17.3 Å². The van der Waals surface area contributed by atoms with Gasteiger partial charge < -0.3 is 19.2 Å². The highest BCUT2D eigenvalue weighted by atomic mass is 16.5. The van der Waals surface area contributed by atoms with E-state index in [4.69, 9.17) is 13.9 Å². The van der Waals surface area contributed by atoms with Crippen molar-refractivity contribution in [1.82, 2.24) is 4.98 Å². The van der Waals surface area contributed by atoms with Crippen molar-refractivity contribution < 1.29 is 18.7 Å². The minimum atomic E-state index is -0.226. The van der Waals surface area contributed by atoms with E-state index in [-0.39, 0.29) is 12.3 Å². The second kappa shape index (κ2) is 7.74. The Morgan fingerprint density at radius 1 is 1.12 bits per heavy atom. The largest absolute Gasteiger partial charge is 0.497 e. The summed E-state index contributed by atoms with van der Waals surface area (Å²) in [6.45, 7) is 1.82. The fourth-order valence-corrected chi connectivity index (χ4v) is 2.55. The lowest BCUT2D eigenvalue weighted by atomic mass is 10.2. The van der Waals surface area contributed by atoms with E-state index >= 15 is 0 Å². The van der Waals surface area contributed by atoms with E-state index in [1.165, 1.54) is 0 Å². The number of anilines is 1. The zero-order chi connectivity index (χ0) is 18.5. The Kier molecular flexibility index (Phi) is 5.22. The molecule has 134 valence electrons. The number of carbonyl (C=O) groups is 1. The van der Waals surface area contributed by atoms with Crippen LogP contribution in [0, 0.1) is 6.92 Å². The molecule has 3 aromatic rings. The standard InChI is InChI=1S/C20H20N2O4/c1-13-18(26-20(21-13)14-7-5-4-6-8-14)12-19(23)22-16-11-15(24-2)9-10-17(16)25-3/h4-11H,12H2,1-3H3,(H,22,23). The lowest BCUT2D eigenvalue weighted by Gasteiger charge is -2.11. The van der Waals surface area contributed by atoms with Gasteiger partial charge >= 0.3 is 0 Å². The van der Waals surface area contributed by atoms with Crippen molar-refractivity contribution in [3.05, 3.63) is 60.0 Å². The molecule has 1 amide bonds. The quantitative estimate of drug-likeness (QED) is 0.729. The fourth-order valence-electron chi connectivity index (χ4n) is 2.55. The van der Waals surface area contributed by atoms with E-state index in [0.29, 0.717) is 34.5 Å². The zero-order valence-corrected chi connectivity index (χ0v) is 14.9. The van der Waals surface area contributed by atoms with E-state index in [1.807, 2.05) is 37.3 Å². The maximum absolute atomic E-state index is 12.5. The molecule has 0 aliphatic rings. The highest BCUT2D eigenvalue weighted by Crippen LogP contribution is 2.29. The first-order valence-electron chi connectivity index (χ1n) is 8.14. The summed E-state index contributed by atoms with van der Waals surface area (Å²) in [7, 11) is 3.11. The molecule has 26 heavy (non-hydrogen) atoms. The van der Waals surface area contributed by atoms with Gasteiger partial charge in [0.15, 0.2) is 0 Å². The van der Waals surface area contributed by atoms with Crippen molar-refractivity contribution >= 4 is 11.6 Å². The summed E-state index contributed by atoms with van der Waals surface area (Å²) in [5, 5.41) is 2.83. The molecule has 1 aromatic heterocycles. The summed E-state index contributed by atoms with van der Waals surface area (Å²) >= 11 is 0. The predicted molar refractivity (Wildman–Crippen MR) is 98.6 cm³/mol. The Balaban J connectivity index is 1.76. The van der Waals surface area contributed by atoms with E-state index in [9.17, 15) is 4.79 Å². The van der Waals surface area contributed by atoms with E-state index in [1.54, 1.807) is 32.4 Å². The molecule has 1 N–H and O–H groups in total. The summed E-state index contributed by atoms with van der Waals surface area (Å²) in [5.74, 6) is 1.99. The van der Waals surface area contributed by atoms with Gasteiger partial charge in [0, 0.05) is 11.6 Å². The fraction of sp³-hybridized carbons (Fsp3) is 0.200. The van der Waals surface area contributed by atoms with Crippen LogP contribution in [0.15, 0.2) is 52.9 Å². The Hall–Kier alpha value is -3.28. The highest BCUT2D eigenvalue weighted by molar-refractivity contribution is 5.93. The first-order chi connectivity index (χ1) is 12.6. The van der Waals surface area contributed by atoms with Gasteiger partial charge in [-0.25, -0.2) is 4.98 Å². The van der Waals surface area contributed by atoms with Gasteiger partial charge in [0.2, 0.25) is 11.8 Å². The molecule has 0 fully saturated rings. The molecule has 3 rings (SSSR count). The lowest BCUT2D eigenvalue weighted by molar-refractivity contribution is -0.115. The summed E-state index contributed by atoms with van der Waals surface area (Å²) in [6, 6.07) is 14.8. The monoisotopic (exact) mass is 352 g/mol. The number of nitrogens with one attached hydrogen (secondary N) is 1. The first-order valence-corrected chi connectivity index (χ1v) is 8.14. The zero-order valence-electron chi connectivity index (χ0n) is 14.9. The minimum Gasteiger partial charge on any atom is -0.497 e. The number of aromatic nitrogens is 1. The maximum atomic E-state index is 12.5. The van der Waals surface area contributed by atoms with Crippen molar-refractivity contribution in [2.75, 3.05) is 19.5 Å². The molecule has 0 atom stereocenters. The normalized spacial score (nSPS) is 10.4. The molecule has 0 aliphatic heterocycles. The molecule has 0 bridgehead atoms. The molecule has 0 spiro atoms. The lowest BCUT2D eigenvalue weighted by Crippen LogP contribution is -2.15. The number of oxazole rings is 1. The van der Waals surface area contributed by atoms with Crippen LogP contribution in [-0.2, 0) is 11.2 Å². The average molecular weight is 352 g/mol. The second-order valence-electron chi connectivity index (χ2n) is 5.68. The van der Waals surface area contributed by atoms with Crippen LogP contribution in [0.2, 0.25) is 0 Å². The van der Waals surface area contributed by atoms with Gasteiger partial charge in [-0.3, -0.25) is 4.79 Å². The molecule has 6 heteroatoms. The summed E-state index contributed by atoms with van der Waals surface area (Å²) in [6.07, 6.45) is 0.0754. The number of rotatable bonds is 6. The minimum absolute atomic E-state index is 0.0754. The Morgan fingerprint density at radius 2 is 1.88 bits per heavy atom. The van der Waals surface area contributed by atoms with Crippen LogP contribution in [0.5, 0.6) is 11.5 Å². The first kappa shape index (κ1) is 17.5. The number of ether oxygens (including phenoxy) is 2. The maximum Gasteiger partial charge on any atom is 0.232 e. The summed E-state index contributed by atoms with van der Waals surface area (Å²) < 4.78 is 16.2. The number of aryl methyl sites for hydroxylation is 1. The number of carbonyl (C=O) groups excluding carboxylic acids is 1. The third-order valence-corrected chi connectivity index (χ3v) is 3.92. The molecular formula is C20H20N2O4. The number of amides is 1. The SMILES string of the molecule is COc1ccc(OC)c(NC(=O)Cc2oc(-c3ccccc3)nc2C)c1. The van der Waals surface area contributed by atoms with E-state index < -0.39 is 0 Å². The number of hydrogen-bond donors (Lipinski definition) is 1. The Bertz CT molecular complexity index is 903. The molecule has 0 saturated carbocycles. The molecule has 0 unspecified atom stereocenters. The van der Waals surface area contributed by atoms with Crippen LogP contribution < -0.4 is 14.8 Å². The topological polar surface area (TPSA) is 73.6 Å². The second-order valence-corrected chi connectivity index (χ2v) is 5.68. The summed E-state index contributed by atoms with van der Waals surface area (Å²) in [4.78, 5) is 16.9. The van der Waals surface area contributed by atoms with Crippen LogP contribution in [0.3, 0.4) is 0 Å². The van der Waals surface area contributed by atoms with Crippen LogP contribution in [0.4, 0.5) is 5.69 Å². The average Bonchev–Trinajstić information content (AvgIpc) is 3.02. The summed E-state index contributed by atoms with van der Waals surface area (Å²) in [5.41, 5.74) is 2.10. The third-order valence-electron chi connectivity index (χ3n) is 3.92. The molecule has 1 heterocycles. The van der Waals surface area contributed by atoms with E-state index in [2.05, 4.69) is 10.3 Å². The van der Waals surface area contributed by atoms with Gasteiger partial charge in [0.05, 0.1) is 32.0 Å². The molecule has 2 aromatic carbocycles. The van der Waals surface area contributed by atoms with Crippen molar-refractivity contribution in [3.8, 4) is 23.0 Å². The van der Waals surface area contributed by atoms with Gasteiger partial charge in [-0.05, 0) is 31.2 Å². The van der Waals surface area contributed by atoms with Gasteiger partial charge in [-0.2, -0.15) is 0 Å². The van der Waals surface area contributed by atoms with Crippen LogP contribution >= 0.6 is 0 Å². The molecule has 6 nitrogen and oxygen atoms in total. The van der Waals surface area contributed by atoms with Crippen molar-refractivity contribution in [1.29, 1.82) is 0 Å². The van der Waals surface area contributed by atoms with Crippen LogP contribution in [0.1, 0.15) is 11.5 Å². The molecular weight excluding hydrogens is 332 g/mol. The number of hydrogen-bond acceptors (Lipinski definition) is 5. The van der Waals surface area contributed by atoms with Crippen molar-refractivity contribution in [3.63, 3.8) is 0 Å². The van der Waals surface area contributed by atoms with Gasteiger partial charge in [0.25, 0.3) is 0 Å². The highest BCUT2D eigenvalue weighted by Gasteiger charge is 2.16. The third kappa shape index (κ3) is 3.85. The van der Waals surface area contributed by atoms with Gasteiger partial charge in [-0.15, -0.1) is 0 Å². The van der Waals surface area contributed by atoms with Crippen molar-refractivity contribution in [2.45, 2.75) is 13.3 Å². The van der Waals surface area contributed by atoms with Crippen molar-refractivity contribution in [2.24, 2.45) is 0 Å². The number of methoxy groups -OCH3 is 2. The Labute approximate surface area is 151 Å². The number of nitrogens with zero attached hydrogens (tertiary/aromatic N) is 1. The van der Waals surface area contributed by atoms with Gasteiger partial charge in [-0.1, -0.05) is 18.2 Å². The van der Waals surface area contributed by atoms with Crippen LogP contribution in [-0.4, -0.2) is 25.1 Å².